The van der Waals surface area contributed by atoms with Crippen LogP contribution < -0.4 is 15.5 Å². The average molecular weight is 496 g/mol. The predicted octanol–water partition coefficient (Wildman–Crippen LogP) is 2.49. The van der Waals surface area contributed by atoms with Crippen LogP contribution in [0.25, 0.3) is 0 Å². The zero-order valence-corrected chi connectivity index (χ0v) is 17.7. The predicted molar refractivity (Wildman–Crippen MR) is 106 cm³/mol. The molecule has 0 unspecified atom stereocenters. The summed E-state index contributed by atoms with van der Waals surface area (Å²) in [5, 5.41) is 19.2. The number of aliphatic imine (C=N–C) groups is 1. The fourth-order valence-electron chi connectivity index (χ4n) is 2.73. The van der Waals surface area contributed by atoms with Crippen molar-refractivity contribution in [3.63, 3.8) is 0 Å². The molecule has 0 radical (unpaired) electrons. The molecule has 1 aliphatic carbocycles. The molecular weight excluding hydrogens is 476 g/mol. The number of nitrogens with one attached hydrogen (secondary N) is 3. The van der Waals surface area contributed by atoms with Gasteiger partial charge in [-0.25, -0.2) is 14.0 Å². The largest absolute Gasteiger partial charge is 0.419 e. The first-order chi connectivity index (χ1) is 15.6. The summed E-state index contributed by atoms with van der Waals surface area (Å²) in [6.45, 7) is 0.0122. The third-order valence-electron chi connectivity index (χ3n) is 4.58. The maximum Gasteiger partial charge on any atom is 0.419 e. The van der Waals surface area contributed by atoms with Gasteiger partial charge >= 0.3 is 16.5 Å². The second kappa shape index (κ2) is 10.4. The first-order valence-corrected chi connectivity index (χ1v) is 11.1. The molecule has 1 fully saturated rings. The van der Waals surface area contributed by atoms with Crippen molar-refractivity contribution < 1.29 is 40.0 Å². The van der Waals surface area contributed by atoms with Gasteiger partial charge in [0.2, 0.25) is 5.82 Å². The molecule has 3 rings (SSSR count). The smallest absolute Gasteiger partial charge is 0.365 e. The van der Waals surface area contributed by atoms with Gasteiger partial charge in [0.25, 0.3) is 0 Å². The van der Waals surface area contributed by atoms with Crippen LogP contribution in [0.5, 0.6) is 0 Å². The lowest BCUT2D eigenvalue weighted by molar-refractivity contribution is -0.139. The summed E-state index contributed by atoms with van der Waals surface area (Å²) >= 11 is 0. The van der Waals surface area contributed by atoms with Gasteiger partial charge in [-0.1, -0.05) is 6.42 Å². The average Bonchev–Trinajstić information content (AvgIpc) is 3.17. The number of rotatable bonds is 10. The van der Waals surface area contributed by atoms with Gasteiger partial charge in [-0.15, -0.1) is 0 Å². The summed E-state index contributed by atoms with van der Waals surface area (Å²) < 4.78 is 87.5. The molecule has 182 valence electrons. The van der Waals surface area contributed by atoms with Gasteiger partial charge < -0.3 is 5.32 Å². The highest BCUT2D eigenvalue weighted by atomic mass is 32.2. The molecule has 33 heavy (non-hydrogen) atoms. The molecule has 0 atom stereocenters. The Bertz CT molecular complexity index is 1090. The summed E-state index contributed by atoms with van der Waals surface area (Å²) in [5.74, 6) is -1.94. The van der Waals surface area contributed by atoms with E-state index < -0.39 is 33.7 Å². The minimum Gasteiger partial charge on any atom is -0.365 e. The Morgan fingerprint density at radius 3 is 2.70 bits per heavy atom. The van der Waals surface area contributed by atoms with Gasteiger partial charge in [0.1, 0.15) is 5.82 Å². The molecule has 0 spiro atoms. The minimum atomic E-state index is -4.94. The Kier molecular flexibility index (Phi) is 7.83. The van der Waals surface area contributed by atoms with E-state index >= 15 is 0 Å². The fraction of sp³-hybridized carbons (Fsp3) is 0.471. The zero-order valence-electron chi connectivity index (χ0n) is 16.9. The first kappa shape index (κ1) is 24.8. The second-order valence-corrected chi connectivity index (χ2v) is 8.38. The summed E-state index contributed by atoms with van der Waals surface area (Å²) in [6, 6.07) is 1.92. The molecule has 1 aliphatic rings. The number of alkyl halides is 3. The Hall–Kier alpha value is -2.82. The second-order valence-electron chi connectivity index (χ2n) is 7.00. The van der Waals surface area contributed by atoms with Crippen LogP contribution in [0, 0.1) is 5.82 Å². The van der Waals surface area contributed by atoms with Crippen LogP contribution in [0.3, 0.4) is 0 Å². The number of amidine groups is 1. The van der Waals surface area contributed by atoms with Gasteiger partial charge in [-0.05, 0) is 47.8 Å². The molecule has 16 heteroatoms. The number of benzene rings is 1. The quantitative estimate of drug-likeness (QED) is 0.128. The van der Waals surface area contributed by atoms with Crippen molar-refractivity contribution in [3.8, 4) is 0 Å². The van der Waals surface area contributed by atoms with Gasteiger partial charge in [0.05, 0.1) is 17.9 Å². The molecule has 0 saturated heterocycles. The summed E-state index contributed by atoms with van der Waals surface area (Å²) in [4.78, 5) is 3.79. The highest BCUT2D eigenvalue weighted by Gasteiger charge is 2.34. The third-order valence-corrected chi connectivity index (χ3v) is 5.68. The first-order valence-electron chi connectivity index (χ1n) is 9.68. The number of halogens is 4. The molecule has 11 nitrogen and oxygen atoms in total. The van der Waals surface area contributed by atoms with E-state index in [0.29, 0.717) is 12.1 Å². The number of nitrogens with zero attached hydrogens (tertiary/aromatic N) is 3. The summed E-state index contributed by atoms with van der Waals surface area (Å²) in [6.07, 6.45) is -2.21. The van der Waals surface area contributed by atoms with E-state index in [-0.39, 0.29) is 42.8 Å². The molecule has 0 amide bonds. The maximum atomic E-state index is 13.4. The van der Waals surface area contributed by atoms with E-state index in [9.17, 15) is 31.2 Å². The lowest BCUT2D eigenvalue weighted by Gasteiger charge is -2.25. The highest BCUT2D eigenvalue weighted by molar-refractivity contribution is 7.84. The Labute approximate surface area is 185 Å². The lowest BCUT2D eigenvalue weighted by atomic mass is 9.94. The van der Waals surface area contributed by atoms with Crippen molar-refractivity contribution in [2.75, 3.05) is 18.5 Å². The van der Waals surface area contributed by atoms with Gasteiger partial charge in [0.15, 0.2) is 11.5 Å². The zero-order chi connectivity index (χ0) is 24.1. The van der Waals surface area contributed by atoms with Crippen molar-refractivity contribution in [1.29, 1.82) is 0 Å². The van der Waals surface area contributed by atoms with E-state index in [1.807, 2.05) is 0 Å². The Balaban J connectivity index is 1.60. The normalized spacial score (nSPS) is 15.4. The van der Waals surface area contributed by atoms with E-state index in [2.05, 4.69) is 30.0 Å². The van der Waals surface area contributed by atoms with Crippen LogP contribution in [0.1, 0.15) is 36.9 Å². The van der Waals surface area contributed by atoms with E-state index in [0.717, 1.165) is 25.3 Å². The molecular formula is C17H20F4N6O5S. The van der Waals surface area contributed by atoms with Crippen molar-refractivity contribution in [2.45, 2.75) is 37.9 Å². The topological polar surface area (TPSA) is 151 Å². The number of aromatic nitrogens is 2. The van der Waals surface area contributed by atoms with Crippen LogP contribution in [-0.2, 0) is 20.7 Å². The SMILES string of the molecule is O=S(=O)(NC1CCC1)OCCCNc1nonc1C(=Nc1ccc(F)c(C(F)(F)F)c1)NO. The van der Waals surface area contributed by atoms with E-state index in [1.54, 1.807) is 5.48 Å². The van der Waals surface area contributed by atoms with Crippen molar-refractivity contribution in [2.24, 2.45) is 4.99 Å². The van der Waals surface area contributed by atoms with Crippen LogP contribution in [-0.4, -0.2) is 49.0 Å². The molecule has 1 aromatic carbocycles. The van der Waals surface area contributed by atoms with E-state index in [4.69, 9.17) is 4.18 Å². The van der Waals surface area contributed by atoms with Crippen LogP contribution in [0.15, 0.2) is 27.8 Å². The van der Waals surface area contributed by atoms with Crippen LogP contribution >= 0.6 is 0 Å². The number of hydrogen-bond acceptors (Lipinski definition) is 9. The van der Waals surface area contributed by atoms with Gasteiger partial charge in [0, 0.05) is 12.6 Å². The van der Waals surface area contributed by atoms with Crippen molar-refractivity contribution in [1.82, 2.24) is 20.5 Å². The number of anilines is 1. The van der Waals surface area contributed by atoms with Crippen LogP contribution in [0.2, 0.25) is 0 Å². The monoisotopic (exact) mass is 496 g/mol. The Morgan fingerprint density at radius 2 is 2.06 bits per heavy atom. The molecule has 1 heterocycles. The molecule has 2 aromatic rings. The van der Waals surface area contributed by atoms with Crippen molar-refractivity contribution in [3.05, 3.63) is 35.3 Å². The van der Waals surface area contributed by atoms with Crippen molar-refractivity contribution >= 4 is 27.6 Å². The lowest BCUT2D eigenvalue weighted by Crippen LogP contribution is -2.40. The van der Waals surface area contributed by atoms with Crippen LogP contribution in [0.4, 0.5) is 29.1 Å². The summed E-state index contributed by atoms with van der Waals surface area (Å²) in [7, 11) is -3.85. The molecule has 1 aromatic heterocycles. The fourth-order valence-corrected chi connectivity index (χ4v) is 3.78. The van der Waals surface area contributed by atoms with Gasteiger partial charge in [-0.2, -0.15) is 26.3 Å². The van der Waals surface area contributed by atoms with Gasteiger partial charge in [-0.3, -0.25) is 14.9 Å². The number of hydroxylamine groups is 1. The van der Waals surface area contributed by atoms with E-state index in [1.165, 1.54) is 0 Å². The number of hydrogen-bond donors (Lipinski definition) is 4. The molecule has 1 saturated carbocycles. The molecule has 0 bridgehead atoms. The Morgan fingerprint density at radius 1 is 1.30 bits per heavy atom. The summed E-state index contributed by atoms with van der Waals surface area (Å²) in [5.41, 5.74) is -0.363. The maximum absolute atomic E-state index is 13.4. The minimum absolute atomic E-state index is 0.0380. The standard InChI is InChI=1S/C17H20F4N6O5S/c18-13-6-5-11(9-12(13)17(19,20)21)23-16(24-28)14-15(26-32-25-14)22-7-2-8-31-33(29,30)27-10-3-1-4-10/h5-6,9-10,27-28H,1-4,7-8H2,(H,22,26)(H,23,24). The third kappa shape index (κ3) is 6.83. The molecule has 4 N–H and O–H groups in total. The molecule has 0 aliphatic heterocycles. The highest BCUT2D eigenvalue weighted by Crippen LogP contribution is 2.33.